The van der Waals surface area contributed by atoms with Crippen LogP contribution in [0.2, 0.25) is 0 Å². The fourth-order valence-corrected chi connectivity index (χ4v) is 1.44. The van der Waals surface area contributed by atoms with E-state index in [2.05, 4.69) is 16.9 Å². The number of esters is 1. The number of carbonyl (C=O) groups is 1. The number of hydrogen-bond donors (Lipinski definition) is 1. The molecule has 0 radical (unpaired) electrons. The average Bonchev–Trinajstić information content (AvgIpc) is 2.84. The lowest BCUT2D eigenvalue weighted by Crippen LogP contribution is -2.02. The Hall–Kier alpha value is -1.58. The number of ether oxygens (including phenoxy) is 1. The molecule has 0 spiro atoms. The summed E-state index contributed by atoms with van der Waals surface area (Å²) < 4.78 is 5.06. The van der Waals surface area contributed by atoms with E-state index >= 15 is 0 Å². The van der Waals surface area contributed by atoms with E-state index in [1.54, 1.807) is 18.6 Å². The number of unbranched alkanes of at least 4 members (excludes halogenated alkanes) is 4. The molecule has 1 heterocycles. The van der Waals surface area contributed by atoms with Gasteiger partial charge in [-0.15, -0.1) is 0 Å². The molecule has 1 aromatic heterocycles. The number of aromatic nitrogens is 2. The number of carbonyl (C=O) groups excluding carboxylic acids is 1. The lowest BCUT2D eigenvalue weighted by Gasteiger charge is -2.01. The van der Waals surface area contributed by atoms with Crippen molar-refractivity contribution >= 4 is 12.0 Å². The van der Waals surface area contributed by atoms with Crippen molar-refractivity contribution in [1.29, 1.82) is 0 Å². The second kappa shape index (κ2) is 8.56. The lowest BCUT2D eigenvalue weighted by atomic mass is 10.2. The van der Waals surface area contributed by atoms with Gasteiger partial charge in [0.1, 0.15) is 0 Å². The van der Waals surface area contributed by atoms with Gasteiger partial charge < -0.3 is 9.72 Å². The summed E-state index contributed by atoms with van der Waals surface area (Å²) in [6.07, 6.45) is 12.1. The first-order valence-corrected chi connectivity index (χ1v) is 6.16. The summed E-state index contributed by atoms with van der Waals surface area (Å²) in [4.78, 5) is 18.0. The van der Waals surface area contributed by atoms with Crippen LogP contribution >= 0.6 is 0 Å². The second-order valence-electron chi connectivity index (χ2n) is 3.92. The maximum Gasteiger partial charge on any atom is 0.330 e. The molecule has 0 bridgehead atoms. The van der Waals surface area contributed by atoms with Crippen molar-refractivity contribution in [3.63, 3.8) is 0 Å². The molecule has 94 valence electrons. The molecule has 4 heteroatoms. The molecule has 0 aliphatic heterocycles. The number of nitrogens with one attached hydrogen (secondary N) is 1. The first kappa shape index (κ1) is 13.5. The second-order valence-corrected chi connectivity index (χ2v) is 3.92. The molecule has 0 atom stereocenters. The molecule has 1 N–H and O–H groups in total. The summed E-state index contributed by atoms with van der Waals surface area (Å²) in [5.41, 5.74) is 0.796. The van der Waals surface area contributed by atoms with E-state index in [1.807, 2.05) is 0 Å². The first-order chi connectivity index (χ1) is 8.33. The predicted molar refractivity (Wildman–Crippen MR) is 67.3 cm³/mol. The number of aromatic amines is 1. The summed E-state index contributed by atoms with van der Waals surface area (Å²) in [5, 5.41) is 0. The maximum atomic E-state index is 11.3. The number of rotatable bonds is 8. The highest BCUT2D eigenvalue weighted by molar-refractivity contribution is 5.86. The van der Waals surface area contributed by atoms with Crippen LogP contribution in [0.25, 0.3) is 6.08 Å². The Balaban J connectivity index is 2.05. The van der Waals surface area contributed by atoms with Crippen LogP contribution in [0, 0.1) is 0 Å². The van der Waals surface area contributed by atoms with Gasteiger partial charge in [-0.1, -0.05) is 32.6 Å². The Morgan fingerprint density at radius 2 is 2.24 bits per heavy atom. The summed E-state index contributed by atoms with van der Waals surface area (Å²) >= 11 is 0. The minimum Gasteiger partial charge on any atom is -0.463 e. The normalized spacial score (nSPS) is 10.9. The SMILES string of the molecule is CCCCCCCOC(=O)/C=C/c1cnc[nH]1. The lowest BCUT2D eigenvalue weighted by molar-refractivity contribution is -0.137. The topological polar surface area (TPSA) is 55.0 Å². The molecule has 0 unspecified atom stereocenters. The van der Waals surface area contributed by atoms with Gasteiger partial charge in [-0.25, -0.2) is 9.78 Å². The van der Waals surface area contributed by atoms with Crippen molar-refractivity contribution in [2.24, 2.45) is 0 Å². The van der Waals surface area contributed by atoms with E-state index < -0.39 is 0 Å². The van der Waals surface area contributed by atoms with Crippen LogP contribution in [0.15, 0.2) is 18.6 Å². The average molecular weight is 236 g/mol. The van der Waals surface area contributed by atoms with Crippen LogP contribution in [-0.4, -0.2) is 22.5 Å². The smallest absolute Gasteiger partial charge is 0.330 e. The number of hydrogen-bond acceptors (Lipinski definition) is 3. The van der Waals surface area contributed by atoms with Gasteiger partial charge in [0.15, 0.2) is 0 Å². The molecule has 0 saturated carbocycles. The van der Waals surface area contributed by atoms with Gasteiger partial charge in [-0.2, -0.15) is 0 Å². The van der Waals surface area contributed by atoms with Gasteiger partial charge in [-0.05, 0) is 12.5 Å². The van der Waals surface area contributed by atoms with Crippen molar-refractivity contribution in [3.8, 4) is 0 Å². The quantitative estimate of drug-likeness (QED) is 0.429. The highest BCUT2D eigenvalue weighted by atomic mass is 16.5. The standard InChI is InChI=1S/C13H20N2O2/c1-2-3-4-5-6-9-17-13(16)8-7-12-10-14-11-15-12/h7-8,10-11H,2-6,9H2,1H3,(H,14,15)/b8-7+. The van der Waals surface area contributed by atoms with Gasteiger partial charge in [0.25, 0.3) is 0 Å². The van der Waals surface area contributed by atoms with E-state index in [0.29, 0.717) is 6.61 Å². The Morgan fingerprint density at radius 3 is 2.94 bits per heavy atom. The van der Waals surface area contributed by atoms with E-state index in [1.165, 1.54) is 25.3 Å². The van der Waals surface area contributed by atoms with Crippen LogP contribution in [-0.2, 0) is 9.53 Å². The zero-order chi connectivity index (χ0) is 12.3. The molecule has 17 heavy (non-hydrogen) atoms. The molecule has 0 fully saturated rings. The van der Waals surface area contributed by atoms with Gasteiger partial charge in [0.2, 0.25) is 0 Å². The molecule has 0 saturated heterocycles. The summed E-state index contributed by atoms with van der Waals surface area (Å²) in [6, 6.07) is 0. The Kier molecular flexibility index (Phi) is 6.79. The van der Waals surface area contributed by atoms with E-state index in [9.17, 15) is 4.79 Å². The molecule has 4 nitrogen and oxygen atoms in total. The number of imidazole rings is 1. The Labute approximate surface area is 102 Å². The Bertz CT molecular complexity index is 331. The van der Waals surface area contributed by atoms with Crippen molar-refractivity contribution in [2.75, 3.05) is 6.61 Å². The zero-order valence-corrected chi connectivity index (χ0v) is 10.3. The number of nitrogens with zero attached hydrogens (tertiary/aromatic N) is 1. The fourth-order valence-electron chi connectivity index (χ4n) is 1.44. The minimum absolute atomic E-state index is 0.296. The van der Waals surface area contributed by atoms with E-state index in [0.717, 1.165) is 18.5 Å². The molecule has 0 aliphatic carbocycles. The van der Waals surface area contributed by atoms with E-state index in [4.69, 9.17) is 4.74 Å². The third-order valence-corrected chi connectivity index (χ3v) is 2.41. The third kappa shape index (κ3) is 6.56. The first-order valence-electron chi connectivity index (χ1n) is 6.16. The van der Waals surface area contributed by atoms with Crippen LogP contribution in [0.5, 0.6) is 0 Å². The van der Waals surface area contributed by atoms with Crippen molar-refractivity contribution in [1.82, 2.24) is 9.97 Å². The number of H-pyrrole nitrogens is 1. The van der Waals surface area contributed by atoms with Crippen molar-refractivity contribution < 1.29 is 9.53 Å². The molecule has 1 rings (SSSR count). The van der Waals surface area contributed by atoms with Gasteiger partial charge in [0.05, 0.1) is 24.8 Å². The van der Waals surface area contributed by atoms with Crippen molar-refractivity contribution in [2.45, 2.75) is 39.0 Å². The highest BCUT2D eigenvalue weighted by Gasteiger charge is 1.97. The molecular weight excluding hydrogens is 216 g/mol. The molecule has 0 aliphatic rings. The van der Waals surface area contributed by atoms with Gasteiger partial charge >= 0.3 is 5.97 Å². The fraction of sp³-hybridized carbons (Fsp3) is 0.538. The summed E-state index contributed by atoms with van der Waals surface area (Å²) in [7, 11) is 0. The summed E-state index contributed by atoms with van der Waals surface area (Å²) in [5.74, 6) is -0.296. The third-order valence-electron chi connectivity index (χ3n) is 2.41. The Morgan fingerprint density at radius 1 is 1.41 bits per heavy atom. The van der Waals surface area contributed by atoms with Crippen LogP contribution in [0.3, 0.4) is 0 Å². The molecule has 0 amide bonds. The van der Waals surface area contributed by atoms with Crippen molar-refractivity contribution in [3.05, 3.63) is 24.3 Å². The highest BCUT2D eigenvalue weighted by Crippen LogP contribution is 2.02. The molecule has 1 aromatic rings. The largest absolute Gasteiger partial charge is 0.463 e. The zero-order valence-electron chi connectivity index (χ0n) is 10.3. The van der Waals surface area contributed by atoms with E-state index in [-0.39, 0.29) is 5.97 Å². The summed E-state index contributed by atoms with van der Waals surface area (Å²) in [6.45, 7) is 2.69. The van der Waals surface area contributed by atoms with Crippen LogP contribution in [0.1, 0.15) is 44.7 Å². The monoisotopic (exact) mass is 236 g/mol. The van der Waals surface area contributed by atoms with Crippen LogP contribution in [0.4, 0.5) is 0 Å². The minimum atomic E-state index is -0.296. The molecular formula is C13H20N2O2. The van der Waals surface area contributed by atoms with Gasteiger partial charge in [0, 0.05) is 6.08 Å². The van der Waals surface area contributed by atoms with Crippen LogP contribution < -0.4 is 0 Å². The predicted octanol–water partition coefficient (Wildman–Crippen LogP) is 2.94. The maximum absolute atomic E-state index is 11.3. The van der Waals surface area contributed by atoms with Gasteiger partial charge in [-0.3, -0.25) is 0 Å². The molecule has 0 aromatic carbocycles.